The van der Waals surface area contributed by atoms with Crippen LogP contribution in [-0.2, 0) is 0 Å². The molecule has 0 bridgehead atoms. The Kier molecular flexibility index (Phi) is 3.22. The minimum atomic E-state index is 0.153. The predicted octanol–water partition coefficient (Wildman–Crippen LogP) is 3.80. The van der Waals surface area contributed by atoms with Crippen molar-refractivity contribution in [1.29, 1.82) is 0 Å². The van der Waals surface area contributed by atoms with Crippen LogP contribution in [0.2, 0.25) is 0 Å². The highest BCUT2D eigenvalue weighted by Crippen LogP contribution is 2.31. The first-order valence-electron chi connectivity index (χ1n) is 6.32. The molecule has 1 aliphatic heterocycles. The van der Waals surface area contributed by atoms with E-state index in [9.17, 15) is 5.11 Å². The Balaban J connectivity index is 1.80. The molecule has 1 N–H and O–H groups in total. The van der Waals surface area contributed by atoms with Crippen LogP contribution < -0.4 is 0 Å². The van der Waals surface area contributed by atoms with Crippen molar-refractivity contribution < 1.29 is 9.52 Å². The first-order valence-corrected chi connectivity index (χ1v) is 7.11. The summed E-state index contributed by atoms with van der Waals surface area (Å²) in [5.41, 5.74) is 1.71. The van der Waals surface area contributed by atoms with Gasteiger partial charge in [-0.1, -0.05) is 15.9 Å². The molecular weight excluding hydrogens is 308 g/mol. The van der Waals surface area contributed by atoms with Gasteiger partial charge in [-0.05, 0) is 37.6 Å². The van der Waals surface area contributed by atoms with Gasteiger partial charge in [-0.15, -0.1) is 0 Å². The fourth-order valence-electron chi connectivity index (χ4n) is 2.48. The molecule has 100 valence electrons. The molecule has 1 aliphatic rings. The smallest absolute Gasteiger partial charge is 0.198 e. The number of oxazole rings is 1. The highest BCUT2D eigenvalue weighted by molar-refractivity contribution is 9.10. The molecule has 19 heavy (non-hydrogen) atoms. The summed E-state index contributed by atoms with van der Waals surface area (Å²) in [5.74, 6) is 1.28. The van der Waals surface area contributed by atoms with Crippen LogP contribution in [0.1, 0.15) is 24.7 Å². The zero-order chi connectivity index (χ0) is 13.4. The van der Waals surface area contributed by atoms with Gasteiger partial charge in [-0.25, -0.2) is 4.98 Å². The molecule has 1 fully saturated rings. The summed E-state index contributed by atoms with van der Waals surface area (Å²) in [6.07, 6.45) is 1.85. The van der Waals surface area contributed by atoms with E-state index in [1.807, 2.05) is 23.1 Å². The number of aliphatic hydroxyl groups excluding tert-OH is 1. The van der Waals surface area contributed by atoms with Gasteiger partial charge in [-0.3, -0.25) is 0 Å². The van der Waals surface area contributed by atoms with Gasteiger partial charge >= 0.3 is 0 Å². The van der Waals surface area contributed by atoms with Crippen molar-refractivity contribution in [2.24, 2.45) is 0 Å². The number of hydrogen-bond donors (Lipinski definition) is 1. The van der Waals surface area contributed by atoms with Crippen LogP contribution in [0.4, 0.5) is 0 Å². The normalized spacial score (nSPS) is 17.0. The van der Waals surface area contributed by atoms with Crippen LogP contribution in [0.5, 0.6) is 0 Å². The molecular formula is C14H15BrN2O2. The van der Waals surface area contributed by atoms with E-state index >= 15 is 0 Å². The van der Waals surface area contributed by atoms with Gasteiger partial charge in [0.25, 0.3) is 0 Å². The monoisotopic (exact) mass is 322 g/mol. The van der Waals surface area contributed by atoms with Gasteiger partial charge in [0.1, 0.15) is 5.52 Å². The molecule has 0 radical (unpaired) electrons. The van der Waals surface area contributed by atoms with E-state index in [-0.39, 0.29) is 5.88 Å². The third-order valence-electron chi connectivity index (χ3n) is 3.58. The van der Waals surface area contributed by atoms with Crippen molar-refractivity contribution in [2.75, 3.05) is 13.1 Å². The largest absolute Gasteiger partial charge is 0.495 e. The lowest BCUT2D eigenvalue weighted by Crippen LogP contribution is -2.31. The van der Waals surface area contributed by atoms with Crippen molar-refractivity contribution in [2.45, 2.75) is 18.8 Å². The van der Waals surface area contributed by atoms with Gasteiger partial charge in [0.05, 0.1) is 0 Å². The van der Waals surface area contributed by atoms with Gasteiger partial charge in [-0.2, -0.15) is 0 Å². The summed E-state index contributed by atoms with van der Waals surface area (Å²) >= 11 is 3.44. The van der Waals surface area contributed by atoms with Crippen LogP contribution in [0.15, 0.2) is 39.6 Å². The Morgan fingerprint density at radius 3 is 2.84 bits per heavy atom. The number of aromatic nitrogens is 1. The third-order valence-corrected chi connectivity index (χ3v) is 4.07. The summed E-state index contributed by atoms with van der Waals surface area (Å²) in [7, 11) is 0. The van der Waals surface area contributed by atoms with Gasteiger partial charge in [0.2, 0.25) is 0 Å². The topological polar surface area (TPSA) is 49.5 Å². The Hall–Kier alpha value is -1.49. The Morgan fingerprint density at radius 2 is 2.16 bits per heavy atom. The zero-order valence-electron chi connectivity index (χ0n) is 10.5. The fraction of sp³-hybridized carbons (Fsp3) is 0.357. The summed E-state index contributed by atoms with van der Waals surface area (Å²) in [6, 6.07) is 5.85. The van der Waals surface area contributed by atoms with E-state index in [2.05, 4.69) is 27.5 Å². The molecule has 0 unspecified atom stereocenters. The number of nitrogens with zero attached hydrogens (tertiary/aromatic N) is 2. The summed E-state index contributed by atoms with van der Waals surface area (Å²) in [5, 5.41) is 9.37. The van der Waals surface area contributed by atoms with E-state index in [0.717, 1.165) is 47.4 Å². The van der Waals surface area contributed by atoms with E-state index < -0.39 is 0 Å². The number of rotatable bonds is 2. The minimum absolute atomic E-state index is 0.153. The third kappa shape index (κ3) is 2.47. The lowest BCUT2D eigenvalue weighted by atomic mass is 9.97. The second-order valence-electron chi connectivity index (χ2n) is 4.84. The summed E-state index contributed by atoms with van der Waals surface area (Å²) < 4.78 is 6.83. The molecule has 3 rings (SSSR count). The number of fused-ring (bicyclic) bond motifs is 1. The average molecular weight is 323 g/mol. The maximum absolute atomic E-state index is 9.37. The zero-order valence-corrected chi connectivity index (χ0v) is 12.1. The first-order chi connectivity index (χ1) is 9.13. The van der Waals surface area contributed by atoms with E-state index in [4.69, 9.17) is 4.42 Å². The lowest BCUT2D eigenvalue weighted by Gasteiger charge is -2.30. The molecule has 1 aromatic carbocycles. The van der Waals surface area contributed by atoms with Crippen molar-refractivity contribution in [1.82, 2.24) is 9.88 Å². The molecule has 1 saturated heterocycles. The summed E-state index contributed by atoms with van der Waals surface area (Å²) in [6.45, 7) is 5.15. The fourth-order valence-corrected chi connectivity index (χ4v) is 2.83. The van der Waals surface area contributed by atoms with Crippen molar-refractivity contribution in [3.8, 4) is 0 Å². The van der Waals surface area contributed by atoms with Gasteiger partial charge in [0, 0.05) is 23.5 Å². The van der Waals surface area contributed by atoms with E-state index in [1.54, 1.807) is 0 Å². The Morgan fingerprint density at radius 1 is 1.42 bits per heavy atom. The lowest BCUT2D eigenvalue weighted by molar-refractivity contribution is 0.161. The molecule has 2 aromatic rings. The Bertz CT molecular complexity index is 615. The Labute approximate surface area is 119 Å². The van der Waals surface area contributed by atoms with Crippen LogP contribution in [0.25, 0.3) is 11.1 Å². The number of halogens is 1. The predicted molar refractivity (Wildman–Crippen MR) is 77.0 cm³/mol. The molecule has 0 atom stereocenters. The molecule has 0 saturated carbocycles. The van der Waals surface area contributed by atoms with Gasteiger partial charge in [0.15, 0.2) is 17.4 Å². The standard InChI is InChI=1S/C14H15BrN2O2/c1-9(18)17-6-4-10(5-7-17)14-16-12-8-11(15)2-3-13(12)19-14/h2-3,8,10,18H,1,4-7H2. The molecule has 1 aromatic heterocycles. The maximum atomic E-state index is 9.37. The molecule has 2 heterocycles. The van der Waals surface area contributed by atoms with Crippen LogP contribution in [0.3, 0.4) is 0 Å². The quantitative estimate of drug-likeness (QED) is 0.854. The second kappa shape index (κ2) is 4.89. The minimum Gasteiger partial charge on any atom is -0.495 e. The molecule has 0 amide bonds. The highest BCUT2D eigenvalue weighted by Gasteiger charge is 2.25. The maximum Gasteiger partial charge on any atom is 0.198 e. The number of hydrogen-bond acceptors (Lipinski definition) is 4. The molecule has 4 nitrogen and oxygen atoms in total. The van der Waals surface area contributed by atoms with Crippen molar-refractivity contribution in [3.05, 3.63) is 41.0 Å². The number of aliphatic hydroxyl groups is 1. The van der Waals surface area contributed by atoms with Crippen LogP contribution in [0, 0.1) is 0 Å². The average Bonchev–Trinajstić information content (AvgIpc) is 2.81. The van der Waals surface area contributed by atoms with Crippen molar-refractivity contribution >= 4 is 27.0 Å². The molecule has 0 spiro atoms. The second-order valence-corrected chi connectivity index (χ2v) is 5.76. The molecule has 5 heteroatoms. The van der Waals surface area contributed by atoms with Crippen molar-refractivity contribution in [3.63, 3.8) is 0 Å². The van der Waals surface area contributed by atoms with E-state index in [1.165, 1.54) is 0 Å². The van der Waals surface area contributed by atoms with E-state index in [0.29, 0.717) is 5.92 Å². The molecule has 0 aliphatic carbocycles. The number of likely N-dealkylation sites (tertiary alicyclic amines) is 1. The highest BCUT2D eigenvalue weighted by atomic mass is 79.9. The van der Waals surface area contributed by atoms with Crippen LogP contribution >= 0.6 is 15.9 Å². The van der Waals surface area contributed by atoms with Gasteiger partial charge < -0.3 is 14.4 Å². The first kappa shape index (κ1) is 12.5. The van der Waals surface area contributed by atoms with Crippen LogP contribution in [-0.4, -0.2) is 28.1 Å². The number of benzene rings is 1. The number of piperidine rings is 1. The summed E-state index contributed by atoms with van der Waals surface area (Å²) in [4.78, 5) is 6.45. The SMILES string of the molecule is C=C(O)N1CCC(c2nc3cc(Br)ccc3o2)CC1.